The Morgan fingerprint density at radius 3 is 2.82 bits per heavy atom. The number of hydrogen-bond donors (Lipinski definition) is 0. The number of carbonyl (C=O) groups is 1. The number of carbonyl (C=O) groups excluding carboxylic acids is 1. The molecule has 0 unspecified atom stereocenters. The predicted octanol–water partition coefficient (Wildman–Crippen LogP) is 2.88. The lowest BCUT2D eigenvalue weighted by atomic mass is 10.4. The molecule has 0 aliphatic heterocycles. The SMILES string of the molecule is CCn1ccnc1C(=O)CSc1ccccc1. The number of imidazole rings is 1. The van der Waals surface area contributed by atoms with Crippen LogP contribution in [-0.4, -0.2) is 21.1 Å². The van der Waals surface area contributed by atoms with E-state index in [-0.39, 0.29) is 5.78 Å². The van der Waals surface area contributed by atoms with E-state index in [9.17, 15) is 4.79 Å². The first-order valence-corrected chi connectivity index (χ1v) is 6.52. The van der Waals surface area contributed by atoms with Gasteiger partial charge in [-0.15, -0.1) is 11.8 Å². The summed E-state index contributed by atoms with van der Waals surface area (Å²) < 4.78 is 1.87. The number of aromatic nitrogens is 2. The van der Waals surface area contributed by atoms with E-state index < -0.39 is 0 Å². The topological polar surface area (TPSA) is 34.9 Å². The normalized spacial score (nSPS) is 10.4. The fourth-order valence-electron chi connectivity index (χ4n) is 1.55. The molecule has 0 atom stereocenters. The Morgan fingerprint density at radius 1 is 1.35 bits per heavy atom. The average Bonchev–Trinajstić information content (AvgIpc) is 2.85. The lowest BCUT2D eigenvalue weighted by molar-refractivity contribution is 0.100. The molecule has 0 saturated heterocycles. The van der Waals surface area contributed by atoms with Crippen molar-refractivity contribution in [2.75, 3.05) is 5.75 Å². The first-order chi connectivity index (χ1) is 8.31. The van der Waals surface area contributed by atoms with Crippen LogP contribution in [0, 0.1) is 0 Å². The summed E-state index contributed by atoms with van der Waals surface area (Å²) in [5, 5.41) is 0. The number of benzene rings is 1. The molecule has 0 bridgehead atoms. The molecule has 88 valence electrons. The second kappa shape index (κ2) is 5.68. The third-order valence-corrected chi connectivity index (χ3v) is 3.43. The van der Waals surface area contributed by atoms with Gasteiger partial charge >= 0.3 is 0 Å². The van der Waals surface area contributed by atoms with Crippen molar-refractivity contribution in [1.82, 2.24) is 9.55 Å². The zero-order valence-electron chi connectivity index (χ0n) is 9.67. The molecule has 0 N–H and O–H groups in total. The van der Waals surface area contributed by atoms with Crippen molar-refractivity contribution in [3.63, 3.8) is 0 Å². The fraction of sp³-hybridized carbons (Fsp3) is 0.231. The van der Waals surface area contributed by atoms with Gasteiger partial charge in [0, 0.05) is 23.8 Å². The van der Waals surface area contributed by atoms with Crippen LogP contribution in [0.2, 0.25) is 0 Å². The molecule has 0 spiro atoms. The molecule has 0 aliphatic carbocycles. The first-order valence-electron chi connectivity index (χ1n) is 5.53. The zero-order valence-corrected chi connectivity index (χ0v) is 10.5. The molecule has 0 aliphatic rings. The highest BCUT2D eigenvalue weighted by Crippen LogP contribution is 2.18. The van der Waals surface area contributed by atoms with Gasteiger partial charge in [0.1, 0.15) is 0 Å². The third kappa shape index (κ3) is 2.97. The van der Waals surface area contributed by atoms with Crippen molar-refractivity contribution in [1.29, 1.82) is 0 Å². The Balaban J connectivity index is 1.98. The van der Waals surface area contributed by atoms with Gasteiger partial charge in [0.2, 0.25) is 5.78 Å². The van der Waals surface area contributed by atoms with Gasteiger partial charge in [-0.1, -0.05) is 18.2 Å². The van der Waals surface area contributed by atoms with E-state index in [0.29, 0.717) is 11.6 Å². The molecular formula is C13H14N2OS. The number of aryl methyl sites for hydroxylation is 1. The highest BCUT2D eigenvalue weighted by molar-refractivity contribution is 8.00. The second-order valence-corrected chi connectivity index (χ2v) is 4.61. The van der Waals surface area contributed by atoms with Crippen LogP contribution in [0.4, 0.5) is 0 Å². The Morgan fingerprint density at radius 2 is 2.12 bits per heavy atom. The minimum absolute atomic E-state index is 0.0747. The van der Waals surface area contributed by atoms with Gasteiger partial charge in [-0.3, -0.25) is 4.79 Å². The number of nitrogens with zero attached hydrogens (tertiary/aromatic N) is 2. The molecule has 3 nitrogen and oxygen atoms in total. The van der Waals surface area contributed by atoms with E-state index in [0.717, 1.165) is 11.4 Å². The molecule has 17 heavy (non-hydrogen) atoms. The van der Waals surface area contributed by atoms with Crippen molar-refractivity contribution >= 4 is 17.5 Å². The molecule has 0 amide bonds. The summed E-state index contributed by atoms with van der Waals surface area (Å²) >= 11 is 1.54. The summed E-state index contributed by atoms with van der Waals surface area (Å²) in [5.41, 5.74) is 0. The summed E-state index contributed by atoms with van der Waals surface area (Å²) in [7, 11) is 0. The van der Waals surface area contributed by atoms with E-state index >= 15 is 0 Å². The summed E-state index contributed by atoms with van der Waals surface area (Å²) in [5.74, 6) is 1.06. The highest BCUT2D eigenvalue weighted by atomic mass is 32.2. The minimum Gasteiger partial charge on any atom is -0.329 e. The van der Waals surface area contributed by atoms with Gasteiger partial charge in [0.05, 0.1) is 5.75 Å². The van der Waals surface area contributed by atoms with Crippen LogP contribution in [-0.2, 0) is 6.54 Å². The van der Waals surface area contributed by atoms with Crippen molar-refractivity contribution in [3.8, 4) is 0 Å². The van der Waals surface area contributed by atoms with E-state index in [1.54, 1.807) is 18.0 Å². The molecule has 1 aromatic carbocycles. The molecule has 4 heteroatoms. The predicted molar refractivity (Wildman–Crippen MR) is 69.4 cm³/mol. The summed E-state index contributed by atoms with van der Waals surface area (Å²) in [6.45, 7) is 2.78. The van der Waals surface area contributed by atoms with Gasteiger partial charge in [0.15, 0.2) is 5.82 Å². The number of ketones is 1. The maximum absolute atomic E-state index is 12.0. The summed E-state index contributed by atoms with van der Waals surface area (Å²) in [6.07, 6.45) is 3.50. The summed E-state index contributed by atoms with van der Waals surface area (Å²) in [4.78, 5) is 17.2. The first kappa shape index (κ1) is 11.9. The van der Waals surface area contributed by atoms with Gasteiger partial charge in [-0.05, 0) is 19.1 Å². The van der Waals surface area contributed by atoms with Gasteiger partial charge in [-0.25, -0.2) is 4.98 Å². The maximum Gasteiger partial charge on any atom is 0.208 e. The Kier molecular flexibility index (Phi) is 3.98. The van der Waals surface area contributed by atoms with Gasteiger partial charge in [0.25, 0.3) is 0 Å². The molecule has 0 fully saturated rings. The minimum atomic E-state index is 0.0747. The monoisotopic (exact) mass is 246 g/mol. The number of Topliss-reactive ketones (excluding diaryl/α,β-unsaturated/α-hetero) is 1. The highest BCUT2D eigenvalue weighted by Gasteiger charge is 2.11. The van der Waals surface area contributed by atoms with Crippen LogP contribution in [0.5, 0.6) is 0 Å². The fourth-order valence-corrected chi connectivity index (χ4v) is 2.32. The molecular weight excluding hydrogens is 232 g/mol. The van der Waals surface area contributed by atoms with Crippen LogP contribution < -0.4 is 0 Å². The van der Waals surface area contributed by atoms with Crippen molar-refractivity contribution in [2.45, 2.75) is 18.4 Å². The standard InChI is InChI=1S/C13H14N2OS/c1-2-15-9-8-14-13(15)12(16)10-17-11-6-4-3-5-7-11/h3-9H,2,10H2,1H3. The Labute approximate surface area is 105 Å². The summed E-state index contributed by atoms with van der Waals surface area (Å²) in [6, 6.07) is 9.92. The lowest BCUT2D eigenvalue weighted by Crippen LogP contribution is -2.11. The largest absolute Gasteiger partial charge is 0.329 e. The quantitative estimate of drug-likeness (QED) is 0.601. The van der Waals surface area contributed by atoms with Gasteiger partial charge < -0.3 is 4.57 Å². The van der Waals surface area contributed by atoms with E-state index in [4.69, 9.17) is 0 Å². The molecule has 0 radical (unpaired) electrons. The van der Waals surface area contributed by atoms with Crippen molar-refractivity contribution < 1.29 is 4.79 Å². The third-order valence-electron chi connectivity index (χ3n) is 2.42. The molecule has 0 saturated carbocycles. The van der Waals surface area contributed by atoms with Crippen molar-refractivity contribution in [3.05, 3.63) is 48.5 Å². The Hall–Kier alpha value is -1.55. The molecule has 1 aromatic heterocycles. The molecule has 1 heterocycles. The van der Waals surface area contributed by atoms with E-state index in [1.807, 2.05) is 48.0 Å². The number of rotatable bonds is 5. The second-order valence-electron chi connectivity index (χ2n) is 3.56. The smallest absolute Gasteiger partial charge is 0.208 e. The van der Waals surface area contributed by atoms with Crippen LogP contribution in [0.15, 0.2) is 47.6 Å². The molecule has 2 aromatic rings. The van der Waals surface area contributed by atoms with Crippen LogP contribution in [0.25, 0.3) is 0 Å². The van der Waals surface area contributed by atoms with E-state index in [1.165, 1.54) is 0 Å². The van der Waals surface area contributed by atoms with Crippen LogP contribution >= 0.6 is 11.8 Å². The average molecular weight is 246 g/mol. The number of hydrogen-bond acceptors (Lipinski definition) is 3. The molecule has 2 rings (SSSR count). The van der Waals surface area contributed by atoms with Crippen LogP contribution in [0.1, 0.15) is 17.5 Å². The number of thioether (sulfide) groups is 1. The van der Waals surface area contributed by atoms with Gasteiger partial charge in [-0.2, -0.15) is 0 Å². The van der Waals surface area contributed by atoms with E-state index in [2.05, 4.69) is 4.98 Å². The Bertz CT molecular complexity index is 493. The maximum atomic E-state index is 12.0. The van der Waals surface area contributed by atoms with Crippen LogP contribution in [0.3, 0.4) is 0 Å². The zero-order chi connectivity index (χ0) is 12.1. The van der Waals surface area contributed by atoms with Crippen molar-refractivity contribution in [2.24, 2.45) is 0 Å². The lowest BCUT2D eigenvalue weighted by Gasteiger charge is -2.03.